The summed E-state index contributed by atoms with van der Waals surface area (Å²) >= 11 is 0. The molecule has 0 aliphatic heterocycles. The number of rotatable bonds is 5. The maximum atomic E-state index is 13.9. The Balaban J connectivity index is 1.79. The lowest BCUT2D eigenvalue weighted by atomic mass is 9.91. The molecule has 7 heteroatoms. The standard InChI is InChI=1S/C19H16F3NO3/c1-19(18(25)26,10-5-7-11(20)8-6-10)23-17(24)14-9-13(14)12-3-2-4-15(21)16(12)22/h2-8,13-14H,9H2,1H3,(H,23,24)(H,25,26). The van der Waals surface area contributed by atoms with Gasteiger partial charge < -0.3 is 10.4 Å². The van der Waals surface area contributed by atoms with Crippen LogP contribution in [0.1, 0.15) is 30.4 Å². The molecule has 1 fully saturated rings. The molecule has 1 saturated carbocycles. The lowest BCUT2D eigenvalue weighted by molar-refractivity contribution is -0.147. The summed E-state index contributed by atoms with van der Waals surface area (Å²) in [7, 11) is 0. The van der Waals surface area contributed by atoms with Crippen molar-refractivity contribution in [3.8, 4) is 0 Å². The highest BCUT2D eigenvalue weighted by Gasteiger charge is 2.48. The average Bonchev–Trinajstić information content (AvgIpc) is 3.38. The molecule has 0 saturated heterocycles. The molecule has 26 heavy (non-hydrogen) atoms. The Hall–Kier alpha value is -2.83. The number of amides is 1. The number of aliphatic carboxylic acids is 1. The summed E-state index contributed by atoms with van der Waals surface area (Å²) < 4.78 is 40.3. The first-order chi connectivity index (χ1) is 12.2. The molecule has 1 amide bonds. The number of benzene rings is 2. The zero-order chi connectivity index (χ0) is 19.1. The van der Waals surface area contributed by atoms with Crippen LogP contribution in [0.25, 0.3) is 0 Å². The molecule has 2 N–H and O–H groups in total. The molecule has 0 heterocycles. The van der Waals surface area contributed by atoms with Crippen molar-refractivity contribution in [1.29, 1.82) is 0 Å². The number of nitrogens with one attached hydrogen (secondary N) is 1. The molecular formula is C19H16F3NO3. The quantitative estimate of drug-likeness (QED) is 0.856. The molecular weight excluding hydrogens is 347 g/mol. The van der Waals surface area contributed by atoms with E-state index in [1.54, 1.807) is 0 Å². The van der Waals surface area contributed by atoms with Gasteiger partial charge in [0.25, 0.3) is 0 Å². The summed E-state index contributed by atoms with van der Waals surface area (Å²) in [5, 5.41) is 12.0. The molecule has 0 aromatic heterocycles. The second-order valence-corrected chi connectivity index (χ2v) is 6.52. The Bertz CT molecular complexity index is 869. The van der Waals surface area contributed by atoms with Crippen LogP contribution in [0.5, 0.6) is 0 Å². The Kier molecular flexibility index (Phi) is 4.48. The van der Waals surface area contributed by atoms with Crippen molar-refractivity contribution >= 4 is 11.9 Å². The van der Waals surface area contributed by atoms with Crippen LogP contribution >= 0.6 is 0 Å². The van der Waals surface area contributed by atoms with Crippen molar-refractivity contribution in [2.45, 2.75) is 24.8 Å². The zero-order valence-corrected chi connectivity index (χ0v) is 13.8. The first-order valence-electron chi connectivity index (χ1n) is 7.99. The van der Waals surface area contributed by atoms with Crippen LogP contribution in [-0.4, -0.2) is 17.0 Å². The molecule has 0 bridgehead atoms. The minimum absolute atomic E-state index is 0.101. The predicted octanol–water partition coefficient (Wildman–Crippen LogP) is 3.32. The SMILES string of the molecule is CC(NC(=O)C1CC1c1cccc(F)c1F)(C(=O)O)c1ccc(F)cc1. The molecule has 1 aliphatic carbocycles. The molecule has 0 radical (unpaired) electrons. The summed E-state index contributed by atoms with van der Waals surface area (Å²) in [5.74, 6) is -5.55. The van der Waals surface area contributed by atoms with Gasteiger partial charge in [0.2, 0.25) is 5.91 Å². The van der Waals surface area contributed by atoms with Gasteiger partial charge in [-0.2, -0.15) is 0 Å². The smallest absolute Gasteiger partial charge is 0.333 e. The minimum Gasteiger partial charge on any atom is -0.479 e. The van der Waals surface area contributed by atoms with Crippen LogP contribution in [0.3, 0.4) is 0 Å². The van der Waals surface area contributed by atoms with E-state index in [-0.39, 0.29) is 11.1 Å². The summed E-state index contributed by atoms with van der Waals surface area (Å²) in [5.41, 5.74) is -1.46. The summed E-state index contributed by atoms with van der Waals surface area (Å²) in [4.78, 5) is 24.2. The molecule has 0 spiro atoms. The monoisotopic (exact) mass is 363 g/mol. The van der Waals surface area contributed by atoms with E-state index >= 15 is 0 Å². The maximum absolute atomic E-state index is 13.9. The predicted molar refractivity (Wildman–Crippen MR) is 86.7 cm³/mol. The number of hydrogen-bond acceptors (Lipinski definition) is 2. The third kappa shape index (κ3) is 3.16. The fraction of sp³-hybridized carbons (Fsp3) is 0.263. The summed E-state index contributed by atoms with van der Waals surface area (Å²) in [6.45, 7) is 1.29. The van der Waals surface area contributed by atoms with Crippen LogP contribution in [0.15, 0.2) is 42.5 Å². The van der Waals surface area contributed by atoms with Crippen molar-refractivity contribution in [3.05, 3.63) is 71.0 Å². The van der Waals surface area contributed by atoms with Crippen LogP contribution in [0, 0.1) is 23.4 Å². The van der Waals surface area contributed by atoms with E-state index in [9.17, 15) is 27.9 Å². The first kappa shape index (κ1) is 18.0. The van der Waals surface area contributed by atoms with Gasteiger partial charge in [0.05, 0.1) is 0 Å². The highest BCUT2D eigenvalue weighted by molar-refractivity contribution is 5.90. The molecule has 3 rings (SSSR count). The molecule has 3 atom stereocenters. The van der Waals surface area contributed by atoms with E-state index < -0.39 is 46.7 Å². The molecule has 4 nitrogen and oxygen atoms in total. The first-order valence-corrected chi connectivity index (χ1v) is 7.99. The van der Waals surface area contributed by atoms with Crippen LogP contribution in [0.2, 0.25) is 0 Å². The van der Waals surface area contributed by atoms with E-state index in [2.05, 4.69) is 5.32 Å². The van der Waals surface area contributed by atoms with Crippen molar-refractivity contribution in [1.82, 2.24) is 5.32 Å². The number of carbonyl (C=O) groups is 2. The van der Waals surface area contributed by atoms with Gasteiger partial charge in [-0.25, -0.2) is 18.0 Å². The van der Waals surface area contributed by atoms with Crippen LogP contribution in [0.4, 0.5) is 13.2 Å². The van der Waals surface area contributed by atoms with Gasteiger partial charge in [-0.1, -0.05) is 24.3 Å². The van der Waals surface area contributed by atoms with Crippen LogP contribution < -0.4 is 5.32 Å². The molecule has 2 aromatic carbocycles. The minimum atomic E-state index is -1.77. The lowest BCUT2D eigenvalue weighted by Gasteiger charge is -2.27. The van der Waals surface area contributed by atoms with Gasteiger partial charge in [-0.3, -0.25) is 4.79 Å². The Morgan fingerprint density at radius 3 is 2.38 bits per heavy atom. The Morgan fingerprint density at radius 1 is 1.12 bits per heavy atom. The van der Waals surface area contributed by atoms with Gasteiger partial charge >= 0.3 is 5.97 Å². The summed E-state index contributed by atoms with van der Waals surface area (Å²) in [6.07, 6.45) is 0.297. The van der Waals surface area contributed by atoms with E-state index in [1.807, 2.05) is 0 Å². The zero-order valence-electron chi connectivity index (χ0n) is 13.8. The topological polar surface area (TPSA) is 66.4 Å². The van der Waals surface area contributed by atoms with Crippen molar-refractivity contribution in [2.75, 3.05) is 0 Å². The van der Waals surface area contributed by atoms with Gasteiger partial charge in [0.15, 0.2) is 17.2 Å². The third-order valence-corrected chi connectivity index (χ3v) is 4.73. The lowest BCUT2D eigenvalue weighted by Crippen LogP contribution is -2.50. The van der Waals surface area contributed by atoms with E-state index in [4.69, 9.17) is 0 Å². The largest absolute Gasteiger partial charge is 0.479 e. The highest BCUT2D eigenvalue weighted by Crippen LogP contribution is 2.49. The molecule has 136 valence electrons. The second kappa shape index (κ2) is 6.48. The highest BCUT2D eigenvalue weighted by atomic mass is 19.2. The average molecular weight is 363 g/mol. The Labute approximate surface area is 147 Å². The maximum Gasteiger partial charge on any atom is 0.333 e. The number of carboxylic acids is 1. The molecule has 2 aromatic rings. The van der Waals surface area contributed by atoms with Crippen LogP contribution in [-0.2, 0) is 15.1 Å². The molecule has 3 unspecified atom stereocenters. The number of hydrogen-bond donors (Lipinski definition) is 2. The van der Waals surface area contributed by atoms with Crippen molar-refractivity contribution in [2.24, 2.45) is 5.92 Å². The second-order valence-electron chi connectivity index (χ2n) is 6.52. The number of carboxylic acid groups (broad SMARTS) is 1. The normalized spacial score (nSPS) is 20.9. The van der Waals surface area contributed by atoms with Crippen molar-refractivity contribution < 1.29 is 27.9 Å². The Morgan fingerprint density at radius 2 is 1.77 bits per heavy atom. The van der Waals surface area contributed by atoms with E-state index in [1.165, 1.54) is 31.2 Å². The number of carbonyl (C=O) groups excluding carboxylic acids is 1. The van der Waals surface area contributed by atoms with Gasteiger partial charge in [-0.15, -0.1) is 0 Å². The summed E-state index contributed by atoms with van der Waals surface area (Å²) in [6, 6.07) is 8.52. The third-order valence-electron chi connectivity index (χ3n) is 4.73. The van der Waals surface area contributed by atoms with E-state index in [0.29, 0.717) is 6.42 Å². The van der Waals surface area contributed by atoms with Gasteiger partial charge in [0, 0.05) is 5.92 Å². The molecule has 1 aliphatic rings. The fourth-order valence-corrected chi connectivity index (χ4v) is 3.01. The fourth-order valence-electron chi connectivity index (χ4n) is 3.01. The number of halogens is 3. The van der Waals surface area contributed by atoms with E-state index in [0.717, 1.165) is 18.2 Å². The van der Waals surface area contributed by atoms with Gasteiger partial charge in [0.1, 0.15) is 5.82 Å². The van der Waals surface area contributed by atoms with Gasteiger partial charge in [-0.05, 0) is 48.6 Å². The van der Waals surface area contributed by atoms with Crippen molar-refractivity contribution in [3.63, 3.8) is 0 Å².